The number of carbonyl (C=O) groups excluding carboxylic acids is 1. The molecule has 0 aliphatic heterocycles. The van der Waals surface area contributed by atoms with Crippen molar-refractivity contribution < 1.29 is 9.53 Å². The van der Waals surface area contributed by atoms with E-state index in [2.05, 4.69) is 11.2 Å². The molecule has 0 aliphatic rings. The lowest BCUT2D eigenvalue weighted by atomic mass is 10.2. The van der Waals surface area contributed by atoms with Crippen LogP contribution in [0.2, 0.25) is 0 Å². The molecular formula is C10H16N2O2S. The lowest BCUT2D eigenvalue weighted by Gasteiger charge is -2.22. The first-order valence-corrected chi connectivity index (χ1v) is 4.89. The monoisotopic (exact) mass is 228 g/mol. The van der Waals surface area contributed by atoms with Gasteiger partial charge in [0.15, 0.2) is 0 Å². The van der Waals surface area contributed by atoms with Crippen LogP contribution in [0.1, 0.15) is 27.2 Å². The van der Waals surface area contributed by atoms with Crippen LogP contribution in [0.3, 0.4) is 0 Å². The molecule has 84 valence electrons. The van der Waals surface area contributed by atoms with Gasteiger partial charge < -0.3 is 15.8 Å². The molecule has 1 amide bonds. The van der Waals surface area contributed by atoms with E-state index < -0.39 is 17.7 Å². The molecule has 1 unspecified atom stereocenters. The first kappa shape index (κ1) is 13.7. The van der Waals surface area contributed by atoms with Crippen molar-refractivity contribution >= 4 is 23.3 Å². The lowest BCUT2D eigenvalue weighted by molar-refractivity contribution is 0.0519. The summed E-state index contributed by atoms with van der Waals surface area (Å²) in [6, 6.07) is -0.514. The quantitative estimate of drug-likeness (QED) is 0.562. The summed E-state index contributed by atoms with van der Waals surface area (Å²) in [5.74, 6) is 2.38. The van der Waals surface area contributed by atoms with E-state index in [0.29, 0.717) is 0 Å². The third-order valence-electron chi connectivity index (χ3n) is 1.36. The molecule has 0 rings (SSSR count). The molecule has 0 fully saturated rings. The number of carbonyl (C=O) groups is 1. The van der Waals surface area contributed by atoms with Crippen molar-refractivity contribution in [1.29, 1.82) is 0 Å². The molecule has 0 saturated carbocycles. The van der Waals surface area contributed by atoms with Gasteiger partial charge in [0.25, 0.3) is 0 Å². The Balaban J connectivity index is 4.25. The SMILES string of the molecule is C#CCC(NC(=O)OC(C)(C)C)C(N)=S. The maximum atomic E-state index is 11.3. The van der Waals surface area contributed by atoms with Crippen LogP contribution >= 0.6 is 12.2 Å². The van der Waals surface area contributed by atoms with Crippen LogP contribution in [-0.2, 0) is 4.74 Å². The topological polar surface area (TPSA) is 64.3 Å². The average molecular weight is 228 g/mol. The van der Waals surface area contributed by atoms with Crippen molar-refractivity contribution in [2.75, 3.05) is 0 Å². The molecule has 0 aromatic heterocycles. The summed E-state index contributed by atoms with van der Waals surface area (Å²) in [6.07, 6.45) is 4.80. The Morgan fingerprint density at radius 3 is 2.53 bits per heavy atom. The molecule has 0 bridgehead atoms. The van der Waals surface area contributed by atoms with Gasteiger partial charge in [0.05, 0.1) is 11.0 Å². The summed E-state index contributed by atoms with van der Waals surface area (Å²) in [6.45, 7) is 5.30. The predicted molar refractivity (Wildman–Crippen MR) is 63.4 cm³/mol. The third-order valence-corrected chi connectivity index (χ3v) is 1.64. The van der Waals surface area contributed by atoms with Gasteiger partial charge in [-0.2, -0.15) is 0 Å². The van der Waals surface area contributed by atoms with E-state index in [9.17, 15) is 4.79 Å². The number of hydrogen-bond acceptors (Lipinski definition) is 3. The van der Waals surface area contributed by atoms with Crippen molar-refractivity contribution in [3.05, 3.63) is 0 Å². The standard InChI is InChI=1S/C10H16N2O2S/c1-5-6-7(8(11)15)12-9(13)14-10(2,3)4/h1,7H,6H2,2-4H3,(H2,11,15)(H,12,13). The van der Waals surface area contributed by atoms with Crippen LogP contribution in [0.4, 0.5) is 4.79 Å². The number of rotatable bonds is 3. The fraction of sp³-hybridized carbons (Fsp3) is 0.600. The van der Waals surface area contributed by atoms with Gasteiger partial charge in [0, 0.05) is 6.42 Å². The second-order valence-corrected chi connectivity index (χ2v) is 4.48. The Labute approximate surface area is 95.5 Å². The summed E-state index contributed by atoms with van der Waals surface area (Å²) in [5, 5.41) is 2.50. The fourth-order valence-electron chi connectivity index (χ4n) is 0.790. The maximum absolute atomic E-state index is 11.3. The van der Waals surface area contributed by atoms with Crippen molar-refractivity contribution in [2.24, 2.45) is 5.73 Å². The first-order valence-electron chi connectivity index (χ1n) is 4.48. The highest BCUT2D eigenvalue weighted by Gasteiger charge is 2.20. The van der Waals surface area contributed by atoms with Crippen LogP contribution in [0.25, 0.3) is 0 Å². The van der Waals surface area contributed by atoms with Gasteiger partial charge >= 0.3 is 6.09 Å². The number of hydrogen-bond donors (Lipinski definition) is 2. The lowest BCUT2D eigenvalue weighted by Crippen LogP contribution is -2.45. The smallest absolute Gasteiger partial charge is 0.408 e. The zero-order chi connectivity index (χ0) is 12.1. The largest absolute Gasteiger partial charge is 0.444 e. The molecule has 3 N–H and O–H groups in total. The number of nitrogens with one attached hydrogen (secondary N) is 1. The zero-order valence-corrected chi connectivity index (χ0v) is 9.98. The number of nitrogens with two attached hydrogens (primary N) is 1. The van der Waals surface area contributed by atoms with E-state index in [4.69, 9.17) is 29.1 Å². The minimum absolute atomic E-state index is 0.152. The molecule has 15 heavy (non-hydrogen) atoms. The predicted octanol–water partition coefficient (Wildman–Crippen LogP) is 1.19. The summed E-state index contributed by atoms with van der Waals surface area (Å²) < 4.78 is 5.03. The summed E-state index contributed by atoms with van der Waals surface area (Å²) in [7, 11) is 0. The number of ether oxygens (including phenoxy) is 1. The molecule has 0 heterocycles. The highest BCUT2D eigenvalue weighted by molar-refractivity contribution is 7.80. The van der Waals surface area contributed by atoms with E-state index in [-0.39, 0.29) is 11.4 Å². The normalized spacial score (nSPS) is 12.4. The van der Waals surface area contributed by atoms with Gasteiger partial charge in [0.2, 0.25) is 0 Å². The number of terminal acetylenes is 1. The Morgan fingerprint density at radius 1 is 1.67 bits per heavy atom. The molecule has 0 saturated heterocycles. The third kappa shape index (κ3) is 6.75. The Kier molecular flexibility index (Phi) is 5.09. The van der Waals surface area contributed by atoms with E-state index in [1.807, 2.05) is 0 Å². The molecule has 4 nitrogen and oxygen atoms in total. The van der Waals surface area contributed by atoms with Crippen LogP contribution < -0.4 is 11.1 Å². The molecule has 5 heteroatoms. The first-order chi connectivity index (χ1) is 6.76. The van der Waals surface area contributed by atoms with Gasteiger partial charge in [-0.3, -0.25) is 0 Å². The second kappa shape index (κ2) is 5.56. The van der Waals surface area contributed by atoms with Gasteiger partial charge in [-0.15, -0.1) is 12.3 Å². The van der Waals surface area contributed by atoms with Gasteiger partial charge in [0.1, 0.15) is 5.60 Å². The molecule has 0 aromatic rings. The molecule has 0 spiro atoms. The van der Waals surface area contributed by atoms with E-state index in [1.54, 1.807) is 20.8 Å². The van der Waals surface area contributed by atoms with Crippen molar-refractivity contribution in [2.45, 2.75) is 38.8 Å². The number of amides is 1. The van der Waals surface area contributed by atoms with Gasteiger partial charge in [-0.05, 0) is 20.8 Å². The fourth-order valence-corrected chi connectivity index (χ4v) is 0.933. The van der Waals surface area contributed by atoms with Gasteiger partial charge in [-0.25, -0.2) is 4.79 Å². The maximum Gasteiger partial charge on any atom is 0.408 e. The number of alkyl carbamates (subject to hydrolysis) is 1. The van der Waals surface area contributed by atoms with Crippen LogP contribution in [0.5, 0.6) is 0 Å². The highest BCUT2D eigenvalue weighted by Crippen LogP contribution is 2.07. The van der Waals surface area contributed by atoms with Crippen LogP contribution in [0.15, 0.2) is 0 Å². The Bertz CT molecular complexity index is 289. The molecule has 0 aliphatic carbocycles. The van der Waals surface area contributed by atoms with E-state index in [1.165, 1.54) is 0 Å². The molecule has 1 atom stereocenters. The molecule has 0 radical (unpaired) electrons. The zero-order valence-electron chi connectivity index (χ0n) is 9.16. The average Bonchev–Trinajstić information content (AvgIpc) is 1.99. The second-order valence-electron chi connectivity index (χ2n) is 4.01. The minimum atomic E-state index is -0.574. The van der Waals surface area contributed by atoms with Crippen molar-refractivity contribution in [3.63, 3.8) is 0 Å². The van der Waals surface area contributed by atoms with Crippen molar-refractivity contribution in [3.8, 4) is 12.3 Å². The minimum Gasteiger partial charge on any atom is -0.444 e. The van der Waals surface area contributed by atoms with Crippen molar-refractivity contribution in [1.82, 2.24) is 5.32 Å². The van der Waals surface area contributed by atoms with Crippen LogP contribution in [0, 0.1) is 12.3 Å². The van der Waals surface area contributed by atoms with E-state index in [0.717, 1.165) is 0 Å². The Morgan fingerprint density at radius 2 is 2.20 bits per heavy atom. The van der Waals surface area contributed by atoms with E-state index >= 15 is 0 Å². The summed E-state index contributed by atoms with van der Waals surface area (Å²) in [4.78, 5) is 11.5. The Hall–Kier alpha value is -1.28. The van der Waals surface area contributed by atoms with Crippen LogP contribution in [-0.4, -0.2) is 22.7 Å². The number of thiocarbonyl (C=S) groups is 1. The molecular weight excluding hydrogens is 212 g/mol. The molecule has 0 aromatic carbocycles. The van der Waals surface area contributed by atoms with Gasteiger partial charge in [-0.1, -0.05) is 12.2 Å². The highest BCUT2D eigenvalue weighted by atomic mass is 32.1. The summed E-state index contributed by atoms with van der Waals surface area (Å²) in [5.41, 5.74) is 4.85. The summed E-state index contributed by atoms with van der Waals surface area (Å²) >= 11 is 4.75.